The van der Waals surface area contributed by atoms with Crippen LogP contribution in [-0.4, -0.2) is 131 Å². The zero-order chi connectivity index (χ0) is 29.9. The summed E-state index contributed by atoms with van der Waals surface area (Å²) in [7, 11) is 1.45. The fraction of sp³-hybridized carbons (Fsp3) is 0.880. The summed E-state index contributed by atoms with van der Waals surface area (Å²) < 4.78 is 23.8. The Balaban J connectivity index is 1.75. The summed E-state index contributed by atoms with van der Waals surface area (Å²) in [5, 5.41) is 38.6. The molecular weight excluding hydrogens is 530 g/mol. The minimum Gasteiger partial charge on any atom is -0.388 e. The zero-order valence-electron chi connectivity index (χ0n) is 23.7. The third-order valence-corrected chi connectivity index (χ3v) is 7.76. The molecule has 15 nitrogen and oxygen atoms in total. The number of likely N-dealkylation sites (N-methyl/N-ethyl adjacent to an activating group) is 1. The quantitative estimate of drug-likeness (QED) is 0.151. The van der Waals surface area contributed by atoms with E-state index in [1.54, 1.807) is 0 Å². The van der Waals surface area contributed by atoms with E-state index in [-0.39, 0.29) is 43.4 Å². The summed E-state index contributed by atoms with van der Waals surface area (Å²) >= 11 is 0. The van der Waals surface area contributed by atoms with Crippen LogP contribution in [0.1, 0.15) is 47.0 Å². The van der Waals surface area contributed by atoms with Gasteiger partial charge in [0.2, 0.25) is 17.7 Å². The number of hydrogen-bond donors (Lipinski definition) is 7. The molecule has 1 aliphatic carbocycles. The Bertz CT molecular complexity index is 909. The van der Waals surface area contributed by atoms with Crippen molar-refractivity contribution in [2.24, 2.45) is 11.5 Å². The van der Waals surface area contributed by atoms with Crippen molar-refractivity contribution in [1.82, 2.24) is 15.5 Å². The maximum Gasteiger partial charge on any atom is 0.219 e. The number of rotatable bonds is 8. The molecule has 3 aliphatic rings. The number of hydrogen-bond acceptors (Lipinski definition) is 12. The van der Waals surface area contributed by atoms with Crippen LogP contribution < -0.4 is 22.1 Å². The van der Waals surface area contributed by atoms with Gasteiger partial charge in [0.15, 0.2) is 12.6 Å². The lowest BCUT2D eigenvalue weighted by Gasteiger charge is -2.50. The number of nitrogens with zero attached hydrogens (tertiary/aromatic N) is 1. The normalized spacial score (nSPS) is 42.1. The molecule has 0 aromatic heterocycles. The van der Waals surface area contributed by atoms with E-state index in [0.717, 1.165) is 0 Å². The number of amides is 3. The second-order valence-corrected chi connectivity index (χ2v) is 11.3. The molecule has 2 heterocycles. The second kappa shape index (κ2) is 13.4. The van der Waals surface area contributed by atoms with Gasteiger partial charge in [0.05, 0.1) is 24.8 Å². The van der Waals surface area contributed by atoms with Crippen molar-refractivity contribution >= 4 is 17.7 Å². The molecule has 12 atom stereocenters. The van der Waals surface area contributed by atoms with Crippen molar-refractivity contribution < 1.29 is 48.7 Å². The highest BCUT2D eigenvalue weighted by atomic mass is 16.7. The van der Waals surface area contributed by atoms with E-state index in [1.807, 2.05) is 0 Å². The summed E-state index contributed by atoms with van der Waals surface area (Å²) in [5.41, 5.74) is 11.1. The van der Waals surface area contributed by atoms with E-state index in [2.05, 4.69) is 10.6 Å². The van der Waals surface area contributed by atoms with Crippen molar-refractivity contribution in [3.8, 4) is 0 Å². The smallest absolute Gasteiger partial charge is 0.219 e. The molecular formula is C25H45N5O10. The zero-order valence-corrected chi connectivity index (χ0v) is 23.7. The topological polar surface area (TPSA) is 228 Å². The van der Waals surface area contributed by atoms with Crippen LogP contribution >= 0.6 is 0 Å². The number of carbonyl (C=O) groups excluding carboxylic acids is 3. The lowest BCUT2D eigenvalue weighted by atomic mass is 9.84. The van der Waals surface area contributed by atoms with Crippen LogP contribution in [0.4, 0.5) is 0 Å². The number of aliphatic hydroxyl groups excluding tert-OH is 2. The molecule has 40 heavy (non-hydrogen) atoms. The molecule has 0 bridgehead atoms. The Labute approximate surface area is 233 Å². The summed E-state index contributed by atoms with van der Waals surface area (Å²) in [4.78, 5) is 36.4. The van der Waals surface area contributed by atoms with E-state index in [1.165, 1.54) is 39.6 Å². The summed E-state index contributed by atoms with van der Waals surface area (Å²) in [6.07, 6.45) is -6.47. The predicted molar refractivity (Wildman–Crippen MR) is 139 cm³/mol. The molecule has 15 heteroatoms. The van der Waals surface area contributed by atoms with Gasteiger partial charge in [0.25, 0.3) is 0 Å². The summed E-state index contributed by atoms with van der Waals surface area (Å²) in [5.74, 6) is -0.880. The SMILES string of the molecule is CC(=O)NC[C@@H]1CC[C@@H](NC(C)=O)[C@H](O[C@H]2[C@@H](O)[C@@H](O[C@H]3OC[C@](C)(O)[C@H](N(C)C(C)=O)[C@@H]3O)[C@H](N)C[C@@H]2N)O1. The maximum atomic E-state index is 12.0. The molecule has 9 N–H and O–H groups in total. The summed E-state index contributed by atoms with van der Waals surface area (Å²) in [6.45, 7) is 5.50. The van der Waals surface area contributed by atoms with Gasteiger partial charge in [-0.25, -0.2) is 0 Å². The Morgan fingerprint density at radius 2 is 1.60 bits per heavy atom. The average molecular weight is 576 g/mol. The van der Waals surface area contributed by atoms with Crippen molar-refractivity contribution in [3.63, 3.8) is 0 Å². The first-order chi connectivity index (χ1) is 18.6. The Kier molecular flexibility index (Phi) is 10.9. The predicted octanol–water partition coefficient (Wildman–Crippen LogP) is -3.36. The standard InChI is InChI=1S/C25H45N5O10/c1-11(31)28-9-14-6-7-17(29-12(2)32)23(38-14)39-20-15(26)8-16(27)21(18(20)34)40-24-19(35)22(30(5)13(3)33)25(4,36)10-37-24/h14-24,34-36H,6-10,26-27H2,1-5H3,(H,28,31)(H,29,32)/t14-,15-,16+,17+,18+,19-,20+,21-,22+,23-,24+,25-/m0/s1. The van der Waals surface area contributed by atoms with E-state index in [4.69, 9.17) is 30.4 Å². The first-order valence-corrected chi connectivity index (χ1v) is 13.5. The molecule has 3 amide bonds. The molecule has 1 saturated carbocycles. The van der Waals surface area contributed by atoms with E-state index >= 15 is 0 Å². The van der Waals surface area contributed by atoms with Gasteiger partial charge in [-0.2, -0.15) is 0 Å². The van der Waals surface area contributed by atoms with E-state index in [0.29, 0.717) is 12.8 Å². The Morgan fingerprint density at radius 1 is 1.00 bits per heavy atom. The van der Waals surface area contributed by atoms with Gasteiger partial charge in [0.1, 0.15) is 30.0 Å². The highest BCUT2D eigenvalue weighted by molar-refractivity contribution is 5.74. The molecule has 230 valence electrons. The largest absolute Gasteiger partial charge is 0.388 e. The number of nitrogens with two attached hydrogens (primary N) is 2. The maximum absolute atomic E-state index is 12.0. The first kappa shape index (κ1) is 32.6. The fourth-order valence-electron chi connectivity index (χ4n) is 5.65. The molecule has 0 spiro atoms. The van der Waals surface area contributed by atoms with Crippen LogP contribution in [0.5, 0.6) is 0 Å². The third-order valence-electron chi connectivity index (χ3n) is 7.76. The number of nitrogens with one attached hydrogen (secondary N) is 2. The lowest BCUT2D eigenvalue weighted by Crippen LogP contribution is -2.69. The van der Waals surface area contributed by atoms with Crippen molar-refractivity contribution in [3.05, 3.63) is 0 Å². The molecule has 0 aromatic carbocycles. The van der Waals surface area contributed by atoms with Crippen LogP contribution in [0.3, 0.4) is 0 Å². The van der Waals surface area contributed by atoms with E-state index < -0.39 is 66.8 Å². The van der Waals surface area contributed by atoms with Gasteiger partial charge in [-0.15, -0.1) is 0 Å². The van der Waals surface area contributed by atoms with Crippen LogP contribution in [0, 0.1) is 0 Å². The monoisotopic (exact) mass is 575 g/mol. The first-order valence-electron chi connectivity index (χ1n) is 13.5. The molecule has 0 radical (unpaired) electrons. The van der Waals surface area contributed by atoms with Crippen molar-refractivity contribution in [2.75, 3.05) is 20.2 Å². The number of aliphatic hydroxyl groups is 3. The molecule has 2 aliphatic heterocycles. The molecule has 3 rings (SSSR count). The average Bonchev–Trinajstić information content (AvgIpc) is 2.84. The van der Waals surface area contributed by atoms with E-state index in [9.17, 15) is 29.7 Å². The summed E-state index contributed by atoms with van der Waals surface area (Å²) in [6, 6.07) is -3.08. The fourth-order valence-corrected chi connectivity index (χ4v) is 5.65. The van der Waals surface area contributed by atoms with Gasteiger partial charge in [0, 0.05) is 46.4 Å². The lowest BCUT2D eigenvalue weighted by molar-refractivity contribution is -0.313. The van der Waals surface area contributed by atoms with Crippen LogP contribution in [0.25, 0.3) is 0 Å². The molecule has 2 saturated heterocycles. The van der Waals surface area contributed by atoms with Crippen molar-refractivity contribution in [2.45, 2.75) is 120 Å². The van der Waals surface area contributed by atoms with Crippen LogP contribution in [-0.2, 0) is 33.3 Å². The highest BCUT2D eigenvalue weighted by Gasteiger charge is 2.53. The highest BCUT2D eigenvalue weighted by Crippen LogP contribution is 2.33. The van der Waals surface area contributed by atoms with Gasteiger partial charge < -0.3 is 61.3 Å². The third kappa shape index (κ3) is 7.66. The molecule has 0 unspecified atom stereocenters. The minimum atomic E-state index is -1.56. The van der Waals surface area contributed by atoms with Gasteiger partial charge in [-0.3, -0.25) is 14.4 Å². The second-order valence-electron chi connectivity index (χ2n) is 11.3. The van der Waals surface area contributed by atoms with Gasteiger partial charge >= 0.3 is 0 Å². The Hall–Kier alpha value is -1.95. The molecule has 0 aromatic rings. The van der Waals surface area contributed by atoms with Crippen LogP contribution in [0.15, 0.2) is 0 Å². The van der Waals surface area contributed by atoms with Gasteiger partial charge in [-0.1, -0.05) is 0 Å². The number of ether oxygens (including phenoxy) is 4. The van der Waals surface area contributed by atoms with Crippen LogP contribution in [0.2, 0.25) is 0 Å². The Morgan fingerprint density at radius 3 is 2.15 bits per heavy atom. The number of carbonyl (C=O) groups is 3. The molecule has 3 fully saturated rings. The van der Waals surface area contributed by atoms with Gasteiger partial charge in [-0.05, 0) is 26.2 Å². The van der Waals surface area contributed by atoms with Crippen molar-refractivity contribution in [1.29, 1.82) is 0 Å². The minimum absolute atomic E-state index is 0.177.